The van der Waals surface area contributed by atoms with Gasteiger partial charge in [0.25, 0.3) is 5.91 Å². The molecular formula is C30H34N6O6. The largest absolute Gasteiger partial charge is 0.497 e. The first kappa shape index (κ1) is 27.9. The van der Waals surface area contributed by atoms with E-state index < -0.39 is 30.4 Å². The van der Waals surface area contributed by atoms with Crippen LogP contribution in [0, 0.1) is 6.92 Å². The SMILES string of the molecule is COc1cc(OC)cc(C(CNc2ncnc3c2ncn3C2OC(C(=O)NC3CC3)C(O)C2O)c2ccccc2C)c1. The number of amides is 1. The van der Waals surface area contributed by atoms with Gasteiger partial charge in [0.15, 0.2) is 29.3 Å². The van der Waals surface area contributed by atoms with Crippen LogP contribution in [-0.2, 0) is 9.53 Å². The third-order valence-corrected chi connectivity index (χ3v) is 7.87. The van der Waals surface area contributed by atoms with E-state index in [1.165, 1.54) is 17.2 Å². The summed E-state index contributed by atoms with van der Waals surface area (Å²) in [6, 6.07) is 14.1. The second kappa shape index (κ2) is 11.6. The minimum atomic E-state index is -1.39. The summed E-state index contributed by atoms with van der Waals surface area (Å²) in [6.07, 6.45) is -0.320. The monoisotopic (exact) mass is 574 g/mol. The molecule has 2 aromatic heterocycles. The van der Waals surface area contributed by atoms with Gasteiger partial charge in [0, 0.05) is 24.6 Å². The molecule has 0 radical (unpaired) electrons. The van der Waals surface area contributed by atoms with E-state index in [1.807, 2.05) is 30.3 Å². The molecule has 12 nitrogen and oxygen atoms in total. The minimum absolute atomic E-state index is 0.0943. The number of ether oxygens (including phenoxy) is 3. The summed E-state index contributed by atoms with van der Waals surface area (Å²) in [6.45, 7) is 2.54. The smallest absolute Gasteiger partial charge is 0.252 e. The summed E-state index contributed by atoms with van der Waals surface area (Å²) in [5.41, 5.74) is 4.11. The highest BCUT2D eigenvalue weighted by Gasteiger charge is 2.48. The second-order valence-electron chi connectivity index (χ2n) is 10.7. The van der Waals surface area contributed by atoms with Gasteiger partial charge in [-0.2, -0.15) is 0 Å². The van der Waals surface area contributed by atoms with Crippen molar-refractivity contribution in [3.63, 3.8) is 0 Å². The average molecular weight is 575 g/mol. The number of anilines is 1. The number of methoxy groups -OCH3 is 2. The van der Waals surface area contributed by atoms with Gasteiger partial charge in [-0.05, 0) is 48.6 Å². The van der Waals surface area contributed by atoms with E-state index in [9.17, 15) is 15.0 Å². The zero-order chi connectivity index (χ0) is 29.4. The average Bonchev–Trinajstić information content (AvgIpc) is 3.64. The van der Waals surface area contributed by atoms with Gasteiger partial charge in [-0.3, -0.25) is 9.36 Å². The van der Waals surface area contributed by atoms with Crippen molar-refractivity contribution in [3.8, 4) is 11.5 Å². The van der Waals surface area contributed by atoms with Gasteiger partial charge in [-0.25, -0.2) is 15.0 Å². The number of hydrogen-bond donors (Lipinski definition) is 4. The van der Waals surface area contributed by atoms with E-state index in [2.05, 4.69) is 44.6 Å². The fraction of sp³-hybridized carbons (Fsp3) is 0.400. The Morgan fingerprint density at radius 2 is 1.81 bits per heavy atom. The van der Waals surface area contributed by atoms with Gasteiger partial charge < -0.3 is 35.1 Å². The van der Waals surface area contributed by atoms with Gasteiger partial charge in [0.05, 0.1) is 20.5 Å². The van der Waals surface area contributed by atoms with Crippen molar-refractivity contribution in [3.05, 3.63) is 71.8 Å². The molecule has 220 valence electrons. The van der Waals surface area contributed by atoms with Crippen molar-refractivity contribution in [1.29, 1.82) is 0 Å². The fourth-order valence-electron chi connectivity index (χ4n) is 5.40. The molecule has 4 aromatic rings. The fourth-order valence-corrected chi connectivity index (χ4v) is 5.40. The van der Waals surface area contributed by atoms with E-state index in [1.54, 1.807) is 14.2 Å². The van der Waals surface area contributed by atoms with E-state index >= 15 is 0 Å². The molecule has 2 fully saturated rings. The first-order valence-electron chi connectivity index (χ1n) is 13.9. The van der Waals surface area contributed by atoms with Crippen LogP contribution in [-0.4, -0.2) is 80.8 Å². The number of rotatable bonds is 10. The summed E-state index contributed by atoms with van der Waals surface area (Å²) in [7, 11) is 3.25. The third kappa shape index (κ3) is 5.36. The molecule has 2 aliphatic rings. The topological polar surface area (TPSA) is 153 Å². The highest BCUT2D eigenvalue weighted by Crippen LogP contribution is 2.35. The Balaban J connectivity index is 1.28. The molecule has 6 rings (SSSR count). The van der Waals surface area contributed by atoms with Crippen LogP contribution in [0.2, 0.25) is 0 Å². The highest BCUT2D eigenvalue weighted by atomic mass is 16.6. The summed E-state index contributed by atoms with van der Waals surface area (Å²) in [4.78, 5) is 25.9. The van der Waals surface area contributed by atoms with E-state index in [-0.39, 0.29) is 12.0 Å². The summed E-state index contributed by atoms with van der Waals surface area (Å²) < 4.78 is 18.4. The standard InChI is InChI=1S/C30H34N6O6/c1-16-6-4-5-7-21(16)22(17-10-19(40-2)12-20(11-17)41-3)13-31-27-23-28(33-14-32-27)36(15-34-23)30-25(38)24(37)26(42-30)29(39)35-18-8-9-18/h4-7,10-12,14-15,18,22,24-26,30,37-38H,8-9,13H2,1-3H3,(H,35,39)(H,31,32,33). The zero-order valence-corrected chi connectivity index (χ0v) is 23.6. The molecule has 42 heavy (non-hydrogen) atoms. The van der Waals surface area contributed by atoms with Crippen molar-refractivity contribution in [2.24, 2.45) is 0 Å². The molecule has 0 bridgehead atoms. The number of benzene rings is 2. The van der Waals surface area contributed by atoms with Crippen LogP contribution >= 0.6 is 0 Å². The number of aliphatic hydroxyl groups is 2. The number of aromatic nitrogens is 4. The van der Waals surface area contributed by atoms with Crippen molar-refractivity contribution in [2.75, 3.05) is 26.1 Å². The lowest BCUT2D eigenvalue weighted by Crippen LogP contribution is -2.43. The van der Waals surface area contributed by atoms with Gasteiger partial charge in [0.1, 0.15) is 30.0 Å². The van der Waals surface area contributed by atoms with E-state index in [4.69, 9.17) is 14.2 Å². The number of carbonyl (C=O) groups is 1. The van der Waals surface area contributed by atoms with Gasteiger partial charge >= 0.3 is 0 Å². The molecule has 1 saturated heterocycles. The normalized spacial score (nSPS) is 22.6. The Bertz CT molecular complexity index is 1570. The number of fused-ring (bicyclic) bond motifs is 1. The molecule has 1 amide bonds. The molecule has 2 aromatic carbocycles. The molecule has 1 aliphatic heterocycles. The number of nitrogens with one attached hydrogen (secondary N) is 2. The summed E-state index contributed by atoms with van der Waals surface area (Å²) in [5.74, 6) is 1.33. The molecule has 1 saturated carbocycles. The maximum atomic E-state index is 12.6. The van der Waals surface area contributed by atoms with Crippen LogP contribution in [0.4, 0.5) is 5.82 Å². The number of nitrogens with zero attached hydrogens (tertiary/aromatic N) is 4. The Kier molecular flexibility index (Phi) is 7.67. The number of aliphatic hydroxyl groups excluding tert-OH is 2. The van der Waals surface area contributed by atoms with Crippen LogP contribution < -0.4 is 20.1 Å². The van der Waals surface area contributed by atoms with Crippen LogP contribution in [0.1, 0.15) is 41.7 Å². The zero-order valence-electron chi connectivity index (χ0n) is 23.6. The van der Waals surface area contributed by atoms with Crippen LogP contribution in [0.3, 0.4) is 0 Å². The molecular weight excluding hydrogens is 540 g/mol. The second-order valence-corrected chi connectivity index (χ2v) is 10.7. The Hall–Kier alpha value is -4.26. The van der Waals surface area contributed by atoms with E-state index in [0.717, 1.165) is 29.5 Å². The van der Waals surface area contributed by atoms with Crippen LogP contribution in [0.15, 0.2) is 55.1 Å². The van der Waals surface area contributed by atoms with Crippen LogP contribution in [0.5, 0.6) is 11.5 Å². The lowest BCUT2D eigenvalue weighted by atomic mass is 9.88. The first-order valence-corrected chi connectivity index (χ1v) is 13.9. The van der Waals surface area contributed by atoms with Crippen molar-refractivity contribution >= 4 is 22.9 Å². The lowest BCUT2D eigenvalue weighted by molar-refractivity contribution is -0.137. The molecule has 4 N–H and O–H groups in total. The van der Waals surface area contributed by atoms with E-state index in [0.29, 0.717) is 35.0 Å². The number of imidazole rings is 1. The van der Waals surface area contributed by atoms with Gasteiger partial charge in [-0.1, -0.05) is 24.3 Å². The molecule has 0 spiro atoms. The van der Waals surface area contributed by atoms with Crippen molar-refractivity contribution in [1.82, 2.24) is 24.8 Å². The quantitative estimate of drug-likeness (QED) is 0.222. The molecule has 3 heterocycles. The highest BCUT2D eigenvalue weighted by molar-refractivity contribution is 5.84. The van der Waals surface area contributed by atoms with Crippen molar-refractivity contribution in [2.45, 2.75) is 56.3 Å². The maximum absolute atomic E-state index is 12.6. The Morgan fingerprint density at radius 3 is 2.50 bits per heavy atom. The molecule has 5 unspecified atom stereocenters. The summed E-state index contributed by atoms with van der Waals surface area (Å²) in [5, 5.41) is 27.6. The Labute approximate surface area is 242 Å². The number of hydrogen-bond acceptors (Lipinski definition) is 10. The van der Waals surface area contributed by atoms with Gasteiger partial charge in [0.2, 0.25) is 0 Å². The minimum Gasteiger partial charge on any atom is -0.497 e. The van der Waals surface area contributed by atoms with Crippen LogP contribution in [0.25, 0.3) is 11.2 Å². The molecule has 12 heteroatoms. The number of aryl methyl sites for hydroxylation is 1. The third-order valence-electron chi connectivity index (χ3n) is 7.87. The van der Waals surface area contributed by atoms with Gasteiger partial charge in [-0.15, -0.1) is 0 Å². The van der Waals surface area contributed by atoms with Crippen molar-refractivity contribution < 1.29 is 29.2 Å². The number of carbonyl (C=O) groups excluding carboxylic acids is 1. The lowest BCUT2D eigenvalue weighted by Gasteiger charge is -2.22. The Morgan fingerprint density at radius 1 is 1.07 bits per heavy atom. The molecule has 5 atom stereocenters. The first-order chi connectivity index (χ1) is 20.4. The summed E-state index contributed by atoms with van der Waals surface area (Å²) >= 11 is 0. The predicted molar refractivity (Wildman–Crippen MR) is 153 cm³/mol. The molecule has 1 aliphatic carbocycles. The predicted octanol–water partition coefficient (Wildman–Crippen LogP) is 2.29. The maximum Gasteiger partial charge on any atom is 0.252 e.